The topological polar surface area (TPSA) is 31.2 Å². The van der Waals surface area contributed by atoms with E-state index in [1.165, 1.54) is 87.3 Å². The van der Waals surface area contributed by atoms with Gasteiger partial charge in [-0.05, 0) is 161 Å². The van der Waals surface area contributed by atoms with E-state index in [0.29, 0.717) is 0 Å². The van der Waals surface area contributed by atoms with Crippen molar-refractivity contribution in [2.75, 3.05) is 0 Å². The monoisotopic (exact) mass is 1180 g/mol. The molecule has 19 rings (SSSR count). The molecule has 16 aromatic rings. The van der Waals surface area contributed by atoms with Crippen molar-refractivity contribution in [3.63, 3.8) is 0 Å². The van der Waals surface area contributed by atoms with Gasteiger partial charge in [0.2, 0.25) is 0 Å². The van der Waals surface area contributed by atoms with Crippen LogP contribution in [0.3, 0.4) is 0 Å². The van der Waals surface area contributed by atoms with Gasteiger partial charge in [-0.15, -0.1) is 0 Å². The SMILES string of the molecule is C=C/C=C(\C1=C(C)C2c3ccccc3C1c1c2cccc1-n1c2ccccc2c2cc(-c3c(-c4ccc5oc6ccccc6c5c4)cccc3-c3ccc4oc5ccccc5c4c3)ccc21)[Si](c1ccccc1)(c1ccccc1)c1cccc(-c2ccccc2)c1. The van der Waals surface area contributed by atoms with Gasteiger partial charge in [0.25, 0.3) is 0 Å². The summed E-state index contributed by atoms with van der Waals surface area (Å²) in [5, 5.41) is 12.2. The van der Waals surface area contributed by atoms with Gasteiger partial charge in [0, 0.05) is 44.2 Å². The van der Waals surface area contributed by atoms with Crippen LogP contribution in [0.5, 0.6) is 0 Å². The van der Waals surface area contributed by atoms with Crippen molar-refractivity contribution in [3.8, 4) is 50.2 Å². The van der Waals surface area contributed by atoms with E-state index in [0.717, 1.165) is 82.8 Å². The highest BCUT2D eigenvalue weighted by Gasteiger charge is 2.51. The second-order valence-electron chi connectivity index (χ2n) is 24.5. The largest absolute Gasteiger partial charge is 0.456 e. The average Bonchev–Trinajstić information content (AvgIpc) is 1.72. The summed E-state index contributed by atoms with van der Waals surface area (Å²) in [6.45, 7) is 7.02. The molecule has 2 atom stereocenters. The molecule has 0 saturated heterocycles. The number of rotatable bonds is 11. The lowest BCUT2D eigenvalue weighted by Crippen LogP contribution is -2.69. The van der Waals surface area contributed by atoms with E-state index >= 15 is 0 Å². The van der Waals surface area contributed by atoms with Crippen LogP contribution in [0.1, 0.15) is 41.0 Å². The normalized spacial score (nSPS) is 14.7. The number of benzene rings is 13. The third-order valence-corrected chi connectivity index (χ3v) is 24.7. The molecule has 3 nitrogen and oxygen atoms in total. The van der Waals surface area contributed by atoms with Crippen molar-refractivity contribution in [2.24, 2.45) is 0 Å². The molecule has 0 amide bonds. The smallest absolute Gasteiger partial charge is 0.179 e. The first kappa shape index (κ1) is 52.8. The van der Waals surface area contributed by atoms with E-state index < -0.39 is 8.07 Å². The minimum absolute atomic E-state index is 0.0152. The van der Waals surface area contributed by atoms with Gasteiger partial charge in [0.05, 0.1) is 16.7 Å². The first-order valence-electron chi connectivity index (χ1n) is 31.6. The highest BCUT2D eigenvalue weighted by molar-refractivity contribution is 7.16. The molecule has 0 saturated carbocycles. The number of allylic oxidation sites excluding steroid dienone is 5. The third-order valence-electron chi connectivity index (χ3n) is 19.9. The summed E-state index contributed by atoms with van der Waals surface area (Å²) in [5.41, 5.74) is 24.5. The lowest BCUT2D eigenvalue weighted by molar-refractivity contribution is 0.668. The highest BCUT2D eigenvalue weighted by atomic mass is 28.3. The van der Waals surface area contributed by atoms with Crippen LogP contribution in [0.25, 0.3) is 116 Å². The summed E-state index contributed by atoms with van der Waals surface area (Å²) >= 11 is 0. The maximum atomic E-state index is 6.42. The van der Waals surface area contributed by atoms with Crippen LogP contribution in [0.4, 0.5) is 0 Å². The third kappa shape index (κ3) is 7.99. The van der Waals surface area contributed by atoms with Crippen LogP contribution in [0.2, 0.25) is 0 Å². The zero-order valence-electron chi connectivity index (χ0n) is 50.1. The van der Waals surface area contributed by atoms with Gasteiger partial charge in [-0.1, -0.05) is 267 Å². The molecule has 0 aliphatic heterocycles. The van der Waals surface area contributed by atoms with E-state index in [2.05, 4.69) is 321 Å². The number of furan rings is 2. The second-order valence-corrected chi connectivity index (χ2v) is 28.3. The van der Waals surface area contributed by atoms with E-state index in [1.54, 1.807) is 0 Å². The van der Waals surface area contributed by atoms with Gasteiger partial charge in [-0.2, -0.15) is 0 Å². The van der Waals surface area contributed by atoms with Gasteiger partial charge in [-0.25, -0.2) is 0 Å². The molecule has 3 aliphatic carbocycles. The fourth-order valence-electron chi connectivity index (χ4n) is 16.2. The number of aromatic nitrogens is 1. The lowest BCUT2D eigenvalue weighted by Gasteiger charge is -2.48. The maximum Gasteiger partial charge on any atom is 0.179 e. The van der Waals surface area contributed by atoms with Crippen molar-refractivity contribution in [1.29, 1.82) is 0 Å². The molecule has 0 radical (unpaired) electrons. The molecule has 428 valence electrons. The minimum atomic E-state index is -3.24. The summed E-state index contributed by atoms with van der Waals surface area (Å²) in [6.07, 6.45) is 4.47. The van der Waals surface area contributed by atoms with Crippen molar-refractivity contribution >= 4 is 89.3 Å². The van der Waals surface area contributed by atoms with E-state index in [1.807, 2.05) is 12.1 Å². The number of para-hydroxylation sites is 3. The summed E-state index contributed by atoms with van der Waals surface area (Å²) < 4.78 is 15.4. The Morgan fingerprint density at radius 3 is 1.51 bits per heavy atom. The summed E-state index contributed by atoms with van der Waals surface area (Å²) in [6, 6.07) is 113. The molecule has 4 heteroatoms. The first-order chi connectivity index (χ1) is 45.0. The van der Waals surface area contributed by atoms with E-state index in [4.69, 9.17) is 8.83 Å². The molecular formula is C87H59NO2Si. The molecule has 0 fully saturated rings. The summed E-state index contributed by atoms with van der Waals surface area (Å²) in [4.78, 5) is 0. The van der Waals surface area contributed by atoms with Gasteiger partial charge in [0.15, 0.2) is 8.07 Å². The van der Waals surface area contributed by atoms with Gasteiger partial charge in [-0.3, -0.25) is 0 Å². The Bertz CT molecular complexity index is 5530. The molecule has 13 aromatic carbocycles. The Morgan fingerprint density at radius 2 is 0.857 bits per heavy atom. The van der Waals surface area contributed by atoms with Crippen LogP contribution in [0.15, 0.2) is 347 Å². The first-order valence-corrected chi connectivity index (χ1v) is 33.6. The Morgan fingerprint density at radius 1 is 0.374 bits per heavy atom. The van der Waals surface area contributed by atoms with Crippen LogP contribution in [0, 0.1) is 0 Å². The second kappa shape index (κ2) is 20.9. The van der Waals surface area contributed by atoms with Gasteiger partial charge < -0.3 is 13.4 Å². The zero-order valence-corrected chi connectivity index (χ0v) is 51.1. The van der Waals surface area contributed by atoms with Gasteiger partial charge in [0.1, 0.15) is 22.3 Å². The van der Waals surface area contributed by atoms with Crippen molar-refractivity contribution < 1.29 is 8.83 Å². The standard InChI is InChI=1S/C87H59NO2Si/c1-3-24-82(91(61-28-9-5-10-29-61,62-30-11-6-12-31-62)63-32-21-27-57(51-63)56-25-7-4-8-26-56)84-55(2)83-69-36-13-14-37-70(69)87(84)86-71(83)40-23-42-77(86)88-75-41-18-15-33-66(75)72-54-60(45-48-76(72)88)85-64(58-46-49-80-73(52-58)67-34-16-19-43-78(67)89-80)38-22-39-65(85)59-47-50-81-74(53-59)68-35-17-20-44-79(68)90-81/h3-54,83,87H,1H2,2H3/b82-24+. The lowest BCUT2D eigenvalue weighted by atomic mass is 9.60. The van der Waals surface area contributed by atoms with Crippen LogP contribution in [-0.4, -0.2) is 12.6 Å². The number of nitrogens with zero attached hydrogens (tertiary/aromatic N) is 1. The molecule has 2 unspecified atom stereocenters. The Hall–Kier alpha value is -11.3. The predicted molar refractivity (Wildman–Crippen MR) is 382 cm³/mol. The average molecular weight is 1180 g/mol. The molecule has 2 bridgehead atoms. The van der Waals surface area contributed by atoms with Crippen molar-refractivity contribution in [1.82, 2.24) is 4.57 Å². The quantitative estimate of drug-likeness (QED) is 0.0734. The Labute approximate surface area is 529 Å². The minimum Gasteiger partial charge on any atom is -0.456 e. The van der Waals surface area contributed by atoms with Crippen molar-refractivity contribution in [2.45, 2.75) is 18.8 Å². The number of hydrogen-bond donors (Lipinski definition) is 0. The molecule has 91 heavy (non-hydrogen) atoms. The van der Waals surface area contributed by atoms with Crippen molar-refractivity contribution in [3.05, 3.63) is 361 Å². The fourth-order valence-corrected chi connectivity index (χ4v) is 21.3. The van der Waals surface area contributed by atoms with Gasteiger partial charge >= 0.3 is 0 Å². The Kier molecular flexibility index (Phi) is 12.1. The molecule has 0 spiro atoms. The highest BCUT2D eigenvalue weighted by Crippen LogP contribution is 2.60. The zero-order chi connectivity index (χ0) is 60.3. The molecule has 0 N–H and O–H groups in total. The fraction of sp³-hybridized carbons (Fsp3) is 0.0345. The van der Waals surface area contributed by atoms with E-state index in [-0.39, 0.29) is 11.8 Å². The van der Waals surface area contributed by atoms with Crippen LogP contribution >= 0.6 is 0 Å². The molecule has 3 aromatic heterocycles. The summed E-state index contributed by atoms with van der Waals surface area (Å²) in [5.74, 6) is -0.101. The maximum absolute atomic E-state index is 6.42. The molecule has 3 aliphatic rings. The predicted octanol–water partition coefficient (Wildman–Crippen LogP) is 21.0. The Balaban J connectivity index is 0.867. The van der Waals surface area contributed by atoms with E-state index in [9.17, 15) is 0 Å². The molecular weight excluding hydrogens is 1120 g/mol. The van der Waals surface area contributed by atoms with Crippen LogP contribution in [-0.2, 0) is 0 Å². The number of fused-ring (bicyclic) bond motifs is 9. The van der Waals surface area contributed by atoms with Crippen LogP contribution < -0.4 is 15.6 Å². The summed E-state index contributed by atoms with van der Waals surface area (Å²) in [7, 11) is -3.24. The number of hydrogen-bond acceptors (Lipinski definition) is 2. The molecule has 3 heterocycles.